The molecule has 0 N–H and O–H groups in total. The number of halogens is 1. The van der Waals surface area contributed by atoms with Gasteiger partial charge in [-0.05, 0) is 0 Å². The van der Waals surface area contributed by atoms with Gasteiger partial charge < -0.3 is 12.4 Å². The normalized spacial score (nSPS) is 27.4. The van der Waals surface area contributed by atoms with Crippen LogP contribution in [0.15, 0.2) is 12.2 Å². The molecule has 0 nitrogen and oxygen atoms in total. The van der Waals surface area contributed by atoms with Gasteiger partial charge in [0, 0.05) is 0 Å². The van der Waals surface area contributed by atoms with Crippen LogP contribution in [0.4, 0.5) is 0 Å². The van der Waals surface area contributed by atoms with Crippen molar-refractivity contribution in [2.45, 2.75) is 17.4 Å². The Morgan fingerprint density at radius 1 is 1.57 bits per heavy atom. The summed E-state index contributed by atoms with van der Waals surface area (Å²) in [6.45, 7) is 0. The van der Waals surface area contributed by atoms with Crippen LogP contribution in [0.5, 0.6) is 0 Å². The molecule has 36 valence electrons. The van der Waals surface area contributed by atoms with E-state index in [1.807, 2.05) is 0 Å². The van der Waals surface area contributed by atoms with Gasteiger partial charge in [0.25, 0.3) is 0 Å². The van der Waals surface area contributed by atoms with E-state index < -0.39 is 0 Å². The van der Waals surface area contributed by atoms with E-state index in [1.165, 1.54) is 31.1 Å². The summed E-state index contributed by atoms with van der Waals surface area (Å²) in [5.41, 5.74) is 0. The Bertz CT molecular complexity index is 70.5. The first-order valence-electron chi connectivity index (χ1n) is 2.39. The molecule has 1 unspecified atom stereocenters. The Morgan fingerprint density at radius 3 is 2.43 bits per heavy atom. The van der Waals surface area contributed by atoms with Crippen LogP contribution in [0, 0.1) is 0 Å². The van der Waals surface area contributed by atoms with Gasteiger partial charge in [-0.25, -0.2) is 0 Å². The summed E-state index contributed by atoms with van der Waals surface area (Å²) < 4.78 is 0.991. The Morgan fingerprint density at radius 2 is 2.29 bits per heavy atom. The molecule has 0 saturated heterocycles. The van der Waals surface area contributed by atoms with Crippen LogP contribution in [0.2, 0.25) is 4.51 Å². The second-order valence-electron chi connectivity index (χ2n) is 1.77. The standard InChI is InChI=1S/C5H7.ClH.Zn/c1-2-4-5-3-1;;/h1-3H,4-5H2;1H;/q;;+1/p-1. The summed E-state index contributed by atoms with van der Waals surface area (Å²) in [6, 6.07) is 0. The molecule has 0 radical (unpaired) electrons. The van der Waals surface area contributed by atoms with Crippen molar-refractivity contribution in [1.29, 1.82) is 0 Å². The van der Waals surface area contributed by atoms with E-state index in [4.69, 9.17) is 0 Å². The molecule has 1 rings (SSSR count). The molecular weight excluding hydrogens is 161 g/mol. The fourth-order valence-corrected chi connectivity index (χ4v) is 1.59. The molecule has 0 fully saturated rings. The first kappa shape index (κ1) is 7.65. The fourth-order valence-electron chi connectivity index (χ4n) is 0.695. The van der Waals surface area contributed by atoms with E-state index in [1.54, 1.807) is 0 Å². The molecule has 0 bridgehead atoms. The summed E-state index contributed by atoms with van der Waals surface area (Å²) in [6.07, 6.45) is 7.39. The van der Waals surface area contributed by atoms with Crippen molar-refractivity contribution >= 4 is 0 Å². The summed E-state index contributed by atoms with van der Waals surface area (Å²) in [7, 11) is 0. The Balaban J connectivity index is 0.000000360. The minimum atomic E-state index is 0. The van der Waals surface area contributed by atoms with Crippen LogP contribution < -0.4 is 12.4 Å². The van der Waals surface area contributed by atoms with Crippen molar-refractivity contribution in [3.05, 3.63) is 12.2 Å². The predicted octanol–water partition coefficient (Wildman–Crippen LogP) is -1.32. The maximum absolute atomic E-state index is 2.33. The molecule has 0 aliphatic heterocycles. The predicted molar refractivity (Wildman–Crippen MR) is 22.1 cm³/mol. The molecule has 1 atom stereocenters. The van der Waals surface area contributed by atoms with Crippen molar-refractivity contribution in [1.82, 2.24) is 0 Å². The third-order valence-electron chi connectivity index (χ3n) is 1.11. The molecular formula is C5H7ClZn. The van der Waals surface area contributed by atoms with Crippen molar-refractivity contribution in [3.8, 4) is 0 Å². The van der Waals surface area contributed by atoms with E-state index in [-0.39, 0.29) is 12.4 Å². The van der Waals surface area contributed by atoms with E-state index >= 15 is 0 Å². The monoisotopic (exact) mass is 166 g/mol. The SMILES string of the molecule is [Cl-].[Zn+][CH]1C=CCC1. The van der Waals surface area contributed by atoms with Crippen molar-refractivity contribution in [2.24, 2.45) is 0 Å². The first-order chi connectivity index (χ1) is 2.89. The Hall–Kier alpha value is 0.653. The molecule has 0 aromatic rings. The van der Waals surface area contributed by atoms with Crippen LogP contribution in [-0.4, -0.2) is 0 Å². The number of rotatable bonds is 0. The summed E-state index contributed by atoms with van der Waals surface area (Å²) >= 11 is 1.45. The van der Waals surface area contributed by atoms with Crippen molar-refractivity contribution in [2.75, 3.05) is 0 Å². The topological polar surface area (TPSA) is 0 Å². The molecule has 0 amide bonds. The van der Waals surface area contributed by atoms with E-state index in [9.17, 15) is 0 Å². The molecule has 7 heavy (non-hydrogen) atoms. The maximum atomic E-state index is 2.33. The van der Waals surface area contributed by atoms with Gasteiger partial charge in [-0.15, -0.1) is 0 Å². The molecule has 2 heteroatoms. The molecule has 0 spiro atoms. The Labute approximate surface area is 60.5 Å². The summed E-state index contributed by atoms with van der Waals surface area (Å²) in [4.78, 5) is 0. The second-order valence-corrected chi connectivity index (χ2v) is 3.97. The zero-order valence-electron chi connectivity index (χ0n) is 4.23. The van der Waals surface area contributed by atoms with Crippen LogP contribution in [0.3, 0.4) is 0 Å². The number of hydrogen-bond acceptors (Lipinski definition) is 0. The zero-order valence-corrected chi connectivity index (χ0v) is 7.95. The van der Waals surface area contributed by atoms with E-state index in [0.29, 0.717) is 0 Å². The van der Waals surface area contributed by atoms with Gasteiger partial charge in [0.05, 0.1) is 0 Å². The average molecular weight is 168 g/mol. The van der Waals surface area contributed by atoms with Gasteiger partial charge >= 0.3 is 47.8 Å². The van der Waals surface area contributed by atoms with Gasteiger partial charge in [-0.1, -0.05) is 0 Å². The molecule has 1 aliphatic carbocycles. The number of hydrogen-bond donors (Lipinski definition) is 0. The minimum absolute atomic E-state index is 0. The molecule has 0 aromatic heterocycles. The third-order valence-corrected chi connectivity index (χ3v) is 2.54. The van der Waals surface area contributed by atoms with Gasteiger partial charge in [0.2, 0.25) is 0 Å². The molecule has 0 aromatic carbocycles. The third kappa shape index (κ3) is 2.46. The zero-order chi connectivity index (χ0) is 4.41. The van der Waals surface area contributed by atoms with Gasteiger partial charge in [0.1, 0.15) is 0 Å². The van der Waals surface area contributed by atoms with Crippen LogP contribution >= 0.6 is 0 Å². The van der Waals surface area contributed by atoms with E-state index in [2.05, 4.69) is 12.2 Å². The molecule has 1 aliphatic rings. The van der Waals surface area contributed by atoms with Crippen LogP contribution in [-0.2, 0) is 18.3 Å². The Kier molecular flexibility index (Phi) is 3.97. The van der Waals surface area contributed by atoms with Crippen molar-refractivity contribution in [3.63, 3.8) is 0 Å². The first-order valence-corrected chi connectivity index (χ1v) is 4.10. The van der Waals surface area contributed by atoms with Gasteiger partial charge in [-0.2, -0.15) is 0 Å². The van der Waals surface area contributed by atoms with E-state index in [0.717, 1.165) is 4.51 Å². The van der Waals surface area contributed by atoms with Gasteiger partial charge in [0.15, 0.2) is 0 Å². The quantitative estimate of drug-likeness (QED) is 0.310. The second kappa shape index (κ2) is 3.63. The van der Waals surface area contributed by atoms with Crippen molar-refractivity contribution < 1.29 is 30.7 Å². The van der Waals surface area contributed by atoms with Crippen LogP contribution in [0.25, 0.3) is 0 Å². The summed E-state index contributed by atoms with van der Waals surface area (Å²) in [5.74, 6) is 0. The number of allylic oxidation sites excluding steroid dienone is 2. The average Bonchev–Trinajstić information content (AvgIpc) is 1.86. The molecule has 0 heterocycles. The van der Waals surface area contributed by atoms with Crippen LogP contribution in [0.1, 0.15) is 12.8 Å². The fraction of sp³-hybridized carbons (Fsp3) is 0.600. The summed E-state index contributed by atoms with van der Waals surface area (Å²) in [5, 5.41) is 0. The molecule has 0 saturated carbocycles. The van der Waals surface area contributed by atoms with Gasteiger partial charge in [-0.3, -0.25) is 0 Å².